The maximum Gasteiger partial charge on any atom is 0.286 e. The highest BCUT2D eigenvalue weighted by Gasteiger charge is 2.08. The monoisotopic (exact) mass is 390 g/mol. The first-order valence-corrected chi connectivity index (χ1v) is 9.49. The number of aromatic nitrogens is 1. The Hall–Kier alpha value is -2.15. The Balaban J connectivity index is 1.79. The molecule has 0 bridgehead atoms. The van der Waals surface area contributed by atoms with Gasteiger partial charge in [-0.15, -0.1) is 0 Å². The number of rotatable bonds is 7. The molecular weight excluding hydrogens is 372 g/mol. The molecule has 1 heterocycles. The van der Waals surface area contributed by atoms with Crippen molar-refractivity contribution in [2.24, 2.45) is 4.99 Å². The van der Waals surface area contributed by atoms with Gasteiger partial charge < -0.3 is 14.0 Å². The second-order valence-corrected chi connectivity index (χ2v) is 6.89. The molecule has 26 heavy (non-hydrogen) atoms. The largest absolute Gasteiger partial charge is 0.484 e. The van der Waals surface area contributed by atoms with Gasteiger partial charge in [-0.25, -0.2) is 0 Å². The van der Waals surface area contributed by atoms with Gasteiger partial charge in [0.15, 0.2) is 11.4 Å². The third-order valence-electron chi connectivity index (χ3n) is 3.65. The van der Waals surface area contributed by atoms with E-state index in [4.69, 9.17) is 21.1 Å². The minimum Gasteiger partial charge on any atom is -0.484 e. The van der Waals surface area contributed by atoms with Crippen molar-refractivity contribution < 1.29 is 14.3 Å². The Kier molecular flexibility index (Phi) is 6.44. The lowest BCUT2D eigenvalue weighted by Gasteiger charge is -2.05. The number of carbonyl (C=O) groups is 1. The van der Waals surface area contributed by atoms with E-state index in [0.717, 1.165) is 10.2 Å². The lowest BCUT2D eigenvalue weighted by molar-refractivity contribution is -0.120. The van der Waals surface area contributed by atoms with Crippen LogP contribution in [0.4, 0.5) is 0 Å². The van der Waals surface area contributed by atoms with E-state index in [1.807, 2.05) is 35.8 Å². The fourth-order valence-corrected chi connectivity index (χ4v) is 3.64. The van der Waals surface area contributed by atoms with E-state index in [0.29, 0.717) is 35.3 Å². The summed E-state index contributed by atoms with van der Waals surface area (Å²) in [5, 5.41) is 0.619. The number of hydrogen-bond donors (Lipinski definition) is 0. The van der Waals surface area contributed by atoms with Gasteiger partial charge in [0.1, 0.15) is 5.75 Å². The van der Waals surface area contributed by atoms with E-state index in [9.17, 15) is 4.79 Å². The summed E-state index contributed by atoms with van der Waals surface area (Å²) >= 11 is 7.32. The van der Waals surface area contributed by atoms with Gasteiger partial charge in [-0.2, -0.15) is 4.99 Å². The summed E-state index contributed by atoms with van der Waals surface area (Å²) in [5.74, 6) is 0.246. The Bertz CT molecular complexity index is 947. The molecule has 7 heteroatoms. The van der Waals surface area contributed by atoms with E-state index in [1.54, 1.807) is 24.3 Å². The average molecular weight is 391 g/mol. The molecular formula is C19H19ClN2O3S. The lowest BCUT2D eigenvalue weighted by atomic mass is 10.3. The molecule has 0 atom stereocenters. The number of para-hydroxylation sites is 1. The number of ether oxygens (including phenoxy) is 2. The number of benzene rings is 2. The van der Waals surface area contributed by atoms with E-state index >= 15 is 0 Å². The van der Waals surface area contributed by atoms with Crippen molar-refractivity contribution in [3.05, 3.63) is 58.4 Å². The van der Waals surface area contributed by atoms with E-state index < -0.39 is 0 Å². The number of nitrogens with zero attached hydrogens (tertiary/aromatic N) is 2. The van der Waals surface area contributed by atoms with Gasteiger partial charge >= 0.3 is 0 Å². The second kappa shape index (κ2) is 8.98. The zero-order valence-electron chi connectivity index (χ0n) is 14.4. The molecule has 3 rings (SSSR count). The minimum absolute atomic E-state index is 0.124. The Morgan fingerprint density at radius 2 is 1.96 bits per heavy atom. The van der Waals surface area contributed by atoms with Crippen LogP contribution in [0.5, 0.6) is 5.75 Å². The molecule has 3 aromatic rings. The molecule has 0 unspecified atom stereocenters. The number of amides is 1. The zero-order chi connectivity index (χ0) is 18.4. The molecule has 1 aromatic heterocycles. The van der Waals surface area contributed by atoms with Crippen LogP contribution < -0.4 is 9.54 Å². The van der Waals surface area contributed by atoms with Crippen LogP contribution in [0.1, 0.15) is 6.92 Å². The Morgan fingerprint density at radius 1 is 1.19 bits per heavy atom. The first-order valence-electron chi connectivity index (χ1n) is 8.29. The van der Waals surface area contributed by atoms with E-state index in [1.165, 1.54) is 11.3 Å². The van der Waals surface area contributed by atoms with Gasteiger partial charge in [0.2, 0.25) is 0 Å². The maximum absolute atomic E-state index is 12.3. The molecule has 0 N–H and O–H groups in total. The Labute approximate surface area is 160 Å². The van der Waals surface area contributed by atoms with Crippen molar-refractivity contribution in [3.8, 4) is 5.75 Å². The second-order valence-electron chi connectivity index (χ2n) is 5.45. The minimum atomic E-state index is -0.336. The highest BCUT2D eigenvalue weighted by molar-refractivity contribution is 7.16. The summed E-state index contributed by atoms with van der Waals surface area (Å²) < 4.78 is 14.0. The number of fused-ring (bicyclic) bond motifs is 1. The summed E-state index contributed by atoms with van der Waals surface area (Å²) in [5.41, 5.74) is 1.04. The van der Waals surface area contributed by atoms with Gasteiger partial charge in [-0.05, 0) is 43.3 Å². The van der Waals surface area contributed by atoms with Gasteiger partial charge in [0.05, 0.1) is 16.8 Å². The molecule has 0 spiro atoms. The van der Waals surface area contributed by atoms with Crippen LogP contribution in [0.2, 0.25) is 5.02 Å². The summed E-state index contributed by atoms with van der Waals surface area (Å²) in [7, 11) is 0. The predicted octanol–water partition coefficient (Wildman–Crippen LogP) is 3.90. The van der Waals surface area contributed by atoms with Crippen molar-refractivity contribution in [3.63, 3.8) is 0 Å². The number of hydrogen-bond acceptors (Lipinski definition) is 4. The Morgan fingerprint density at radius 3 is 2.73 bits per heavy atom. The number of carbonyl (C=O) groups excluding carboxylic acids is 1. The molecule has 0 saturated carbocycles. The lowest BCUT2D eigenvalue weighted by Crippen LogP contribution is -2.21. The SMILES string of the molecule is CCOCCn1c(=NC(=O)COc2ccc(Cl)cc2)sc2ccccc21. The molecule has 0 aliphatic rings. The van der Waals surface area contributed by atoms with Crippen LogP contribution in [-0.2, 0) is 16.1 Å². The summed E-state index contributed by atoms with van der Waals surface area (Å²) in [6.07, 6.45) is 0. The molecule has 5 nitrogen and oxygen atoms in total. The average Bonchev–Trinajstić information content (AvgIpc) is 2.99. The molecule has 0 radical (unpaired) electrons. The van der Waals surface area contributed by atoms with Gasteiger partial charge in [-0.1, -0.05) is 35.1 Å². The third kappa shape index (κ3) is 4.72. The van der Waals surface area contributed by atoms with Crippen molar-refractivity contribution in [1.82, 2.24) is 4.57 Å². The maximum atomic E-state index is 12.3. The standard InChI is InChI=1S/C19H19ClN2O3S/c1-2-24-12-11-22-16-5-3-4-6-17(16)26-19(22)21-18(23)13-25-15-9-7-14(20)8-10-15/h3-10H,2,11-13H2,1H3. The molecule has 0 aliphatic heterocycles. The molecule has 0 fully saturated rings. The van der Waals surface area contributed by atoms with E-state index in [-0.39, 0.29) is 12.5 Å². The molecule has 0 saturated heterocycles. The topological polar surface area (TPSA) is 52.8 Å². The van der Waals surface area contributed by atoms with Crippen LogP contribution in [0.25, 0.3) is 10.2 Å². The third-order valence-corrected chi connectivity index (χ3v) is 4.96. The first kappa shape index (κ1) is 18.6. The van der Waals surface area contributed by atoms with Crippen molar-refractivity contribution in [2.45, 2.75) is 13.5 Å². The van der Waals surface area contributed by atoms with Crippen molar-refractivity contribution in [1.29, 1.82) is 0 Å². The normalized spacial score (nSPS) is 11.8. The van der Waals surface area contributed by atoms with Crippen LogP contribution in [0, 0.1) is 0 Å². The van der Waals surface area contributed by atoms with Crippen molar-refractivity contribution in [2.75, 3.05) is 19.8 Å². The van der Waals surface area contributed by atoms with Gasteiger partial charge in [0.25, 0.3) is 5.91 Å². The quantitative estimate of drug-likeness (QED) is 0.575. The zero-order valence-corrected chi connectivity index (χ0v) is 15.9. The first-order chi connectivity index (χ1) is 12.7. The molecule has 1 amide bonds. The highest BCUT2D eigenvalue weighted by atomic mass is 35.5. The summed E-state index contributed by atoms with van der Waals surface area (Å²) in [6.45, 7) is 3.70. The smallest absolute Gasteiger partial charge is 0.286 e. The summed E-state index contributed by atoms with van der Waals surface area (Å²) in [6, 6.07) is 14.9. The molecule has 136 valence electrons. The van der Waals surface area contributed by atoms with Gasteiger partial charge in [-0.3, -0.25) is 4.79 Å². The predicted molar refractivity (Wildman–Crippen MR) is 104 cm³/mol. The van der Waals surface area contributed by atoms with Crippen LogP contribution in [-0.4, -0.2) is 30.3 Å². The van der Waals surface area contributed by atoms with Crippen LogP contribution in [0.3, 0.4) is 0 Å². The van der Waals surface area contributed by atoms with Gasteiger partial charge in [0, 0.05) is 18.2 Å². The van der Waals surface area contributed by atoms with Crippen LogP contribution >= 0.6 is 22.9 Å². The van der Waals surface area contributed by atoms with Crippen LogP contribution in [0.15, 0.2) is 53.5 Å². The molecule has 0 aliphatic carbocycles. The van der Waals surface area contributed by atoms with Crippen molar-refractivity contribution >= 4 is 39.1 Å². The number of thiazole rings is 1. The van der Waals surface area contributed by atoms with E-state index in [2.05, 4.69) is 4.99 Å². The highest BCUT2D eigenvalue weighted by Crippen LogP contribution is 2.17. The summed E-state index contributed by atoms with van der Waals surface area (Å²) in [4.78, 5) is 17.1. The fraction of sp³-hybridized carbons (Fsp3) is 0.263. The number of halogens is 1. The fourth-order valence-electron chi connectivity index (χ4n) is 2.44. The molecule has 2 aromatic carbocycles.